The average Bonchev–Trinajstić information content (AvgIpc) is 2.48. The number of morpholine rings is 1. The number of nitrogens with one attached hydrogen (secondary N) is 1. The predicted octanol–water partition coefficient (Wildman–Crippen LogP) is 2.17. The summed E-state index contributed by atoms with van der Waals surface area (Å²) in [6.07, 6.45) is 1.14. The van der Waals surface area contributed by atoms with Crippen molar-refractivity contribution in [1.29, 1.82) is 0 Å². The van der Waals surface area contributed by atoms with Crippen LogP contribution in [0.2, 0.25) is 0 Å². The minimum absolute atomic E-state index is 0.00574. The zero-order valence-electron chi connectivity index (χ0n) is 12.0. The molecule has 0 spiro atoms. The Labute approximate surface area is 123 Å². The maximum atomic E-state index is 11.6. The molecule has 0 bridgehead atoms. The van der Waals surface area contributed by atoms with Gasteiger partial charge in [0.1, 0.15) is 5.69 Å². The first-order valence-corrected chi connectivity index (χ1v) is 7.02. The fourth-order valence-electron chi connectivity index (χ4n) is 2.27. The van der Waals surface area contributed by atoms with E-state index >= 15 is 0 Å². The van der Waals surface area contributed by atoms with E-state index in [2.05, 4.69) is 5.32 Å². The van der Waals surface area contributed by atoms with Crippen LogP contribution in [0.5, 0.6) is 0 Å². The lowest BCUT2D eigenvalue weighted by atomic mass is 10.2. The van der Waals surface area contributed by atoms with Gasteiger partial charge in [-0.05, 0) is 18.6 Å². The number of carbonyl (C=O) groups is 1. The lowest BCUT2D eigenvalue weighted by molar-refractivity contribution is -0.384. The molecule has 1 amide bonds. The Balaban J connectivity index is 2.22. The molecule has 0 aliphatic carbocycles. The molecule has 1 fully saturated rings. The van der Waals surface area contributed by atoms with E-state index in [1.807, 2.05) is 11.8 Å². The summed E-state index contributed by atoms with van der Waals surface area (Å²) in [5.74, 6) is -0.133. The highest BCUT2D eigenvalue weighted by Crippen LogP contribution is 2.31. The van der Waals surface area contributed by atoms with Crippen LogP contribution in [0.4, 0.5) is 17.1 Å². The molecular formula is C14H19N3O4. The predicted molar refractivity (Wildman–Crippen MR) is 79.7 cm³/mol. The van der Waals surface area contributed by atoms with Crippen LogP contribution in [0.1, 0.15) is 19.8 Å². The number of rotatable bonds is 5. The smallest absolute Gasteiger partial charge is 0.294 e. The number of hydrogen-bond donors (Lipinski definition) is 1. The van der Waals surface area contributed by atoms with Gasteiger partial charge in [-0.2, -0.15) is 0 Å². The fraction of sp³-hybridized carbons (Fsp3) is 0.500. The van der Waals surface area contributed by atoms with Crippen LogP contribution in [0, 0.1) is 10.1 Å². The number of amides is 1. The van der Waals surface area contributed by atoms with Crippen LogP contribution < -0.4 is 10.2 Å². The number of hydrogen-bond acceptors (Lipinski definition) is 5. The molecule has 1 aliphatic heterocycles. The van der Waals surface area contributed by atoms with Crippen molar-refractivity contribution in [2.45, 2.75) is 19.8 Å². The summed E-state index contributed by atoms with van der Waals surface area (Å²) in [6, 6.07) is 4.80. The summed E-state index contributed by atoms with van der Waals surface area (Å²) < 4.78 is 5.26. The Bertz CT molecular complexity index is 527. The summed E-state index contributed by atoms with van der Waals surface area (Å²) >= 11 is 0. The third kappa shape index (κ3) is 3.91. The van der Waals surface area contributed by atoms with Gasteiger partial charge in [0.2, 0.25) is 5.91 Å². The fourth-order valence-corrected chi connectivity index (χ4v) is 2.27. The number of benzene rings is 1. The summed E-state index contributed by atoms with van der Waals surface area (Å²) in [7, 11) is 0. The van der Waals surface area contributed by atoms with E-state index in [1.54, 1.807) is 12.1 Å². The van der Waals surface area contributed by atoms with Crippen LogP contribution in [-0.4, -0.2) is 37.1 Å². The summed E-state index contributed by atoms with van der Waals surface area (Å²) in [5.41, 5.74) is 1.03. The van der Waals surface area contributed by atoms with Crippen LogP contribution in [0.15, 0.2) is 18.2 Å². The molecule has 0 unspecified atom stereocenters. The molecule has 1 saturated heterocycles. The lowest BCUT2D eigenvalue weighted by Gasteiger charge is -2.28. The minimum atomic E-state index is -0.416. The highest BCUT2D eigenvalue weighted by Gasteiger charge is 2.22. The van der Waals surface area contributed by atoms with Crippen LogP contribution in [0.25, 0.3) is 0 Å². The molecule has 0 radical (unpaired) electrons. The third-order valence-corrected chi connectivity index (χ3v) is 3.28. The van der Waals surface area contributed by atoms with Gasteiger partial charge in [0.25, 0.3) is 5.69 Å². The van der Waals surface area contributed by atoms with Gasteiger partial charge in [-0.25, -0.2) is 0 Å². The Kier molecular flexibility index (Phi) is 5.10. The van der Waals surface area contributed by atoms with Gasteiger partial charge in [-0.15, -0.1) is 0 Å². The van der Waals surface area contributed by atoms with Crippen molar-refractivity contribution in [1.82, 2.24) is 0 Å². The van der Waals surface area contributed by atoms with Crippen molar-refractivity contribution >= 4 is 23.0 Å². The van der Waals surface area contributed by atoms with E-state index in [1.165, 1.54) is 6.07 Å². The van der Waals surface area contributed by atoms with Crippen LogP contribution in [-0.2, 0) is 9.53 Å². The summed E-state index contributed by atoms with van der Waals surface area (Å²) in [6.45, 7) is 4.28. The maximum absolute atomic E-state index is 11.6. The maximum Gasteiger partial charge on any atom is 0.294 e. The Morgan fingerprint density at radius 1 is 1.43 bits per heavy atom. The quantitative estimate of drug-likeness (QED) is 0.664. The van der Waals surface area contributed by atoms with E-state index in [0.29, 0.717) is 44.1 Å². The normalized spacial score (nSPS) is 14.8. The SMILES string of the molecule is CCCC(=O)Nc1ccc(N2CCOCC2)c([N+](=O)[O-])c1. The Hall–Kier alpha value is -2.15. The molecule has 7 heteroatoms. The molecule has 1 aromatic rings. The monoisotopic (exact) mass is 293 g/mol. The first-order chi connectivity index (χ1) is 10.1. The second kappa shape index (κ2) is 7.03. The molecule has 1 N–H and O–H groups in total. The van der Waals surface area contributed by atoms with Gasteiger partial charge >= 0.3 is 0 Å². The molecule has 0 atom stereocenters. The third-order valence-electron chi connectivity index (χ3n) is 3.28. The van der Waals surface area contributed by atoms with Gasteiger partial charge in [-0.3, -0.25) is 14.9 Å². The van der Waals surface area contributed by atoms with E-state index in [0.717, 1.165) is 6.42 Å². The van der Waals surface area contributed by atoms with Gasteiger partial charge in [0.05, 0.1) is 18.1 Å². The number of carbonyl (C=O) groups excluding carboxylic acids is 1. The highest BCUT2D eigenvalue weighted by atomic mass is 16.6. The second-order valence-corrected chi connectivity index (χ2v) is 4.86. The van der Waals surface area contributed by atoms with E-state index in [4.69, 9.17) is 4.74 Å². The summed E-state index contributed by atoms with van der Waals surface area (Å²) in [4.78, 5) is 24.3. The van der Waals surface area contributed by atoms with Gasteiger partial charge in [0, 0.05) is 31.3 Å². The lowest BCUT2D eigenvalue weighted by Crippen LogP contribution is -2.36. The first-order valence-electron chi connectivity index (χ1n) is 7.02. The number of nitrogens with zero attached hydrogens (tertiary/aromatic N) is 2. The first kappa shape index (κ1) is 15.2. The largest absolute Gasteiger partial charge is 0.378 e. The molecule has 21 heavy (non-hydrogen) atoms. The number of anilines is 2. The zero-order valence-corrected chi connectivity index (χ0v) is 12.0. The number of nitro groups is 1. The molecule has 7 nitrogen and oxygen atoms in total. The number of ether oxygens (including phenoxy) is 1. The Morgan fingerprint density at radius 2 is 2.14 bits per heavy atom. The number of nitro benzene ring substituents is 1. The summed E-state index contributed by atoms with van der Waals surface area (Å²) in [5, 5.41) is 13.9. The van der Waals surface area contributed by atoms with Gasteiger partial charge in [-0.1, -0.05) is 6.92 Å². The van der Waals surface area contributed by atoms with E-state index in [-0.39, 0.29) is 11.6 Å². The molecule has 114 valence electrons. The molecular weight excluding hydrogens is 274 g/mol. The second-order valence-electron chi connectivity index (χ2n) is 4.86. The van der Waals surface area contributed by atoms with E-state index < -0.39 is 4.92 Å². The van der Waals surface area contributed by atoms with Crippen LogP contribution in [0.3, 0.4) is 0 Å². The van der Waals surface area contributed by atoms with Crippen LogP contribution >= 0.6 is 0 Å². The molecule has 0 aromatic heterocycles. The van der Waals surface area contributed by atoms with Gasteiger partial charge < -0.3 is 15.0 Å². The molecule has 2 rings (SSSR count). The van der Waals surface area contributed by atoms with Crippen molar-refractivity contribution in [2.24, 2.45) is 0 Å². The molecule has 1 heterocycles. The molecule has 1 aliphatic rings. The topological polar surface area (TPSA) is 84.7 Å². The van der Waals surface area contributed by atoms with Crippen molar-refractivity contribution in [3.8, 4) is 0 Å². The Morgan fingerprint density at radius 3 is 2.76 bits per heavy atom. The van der Waals surface area contributed by atoms with Crippen molar-refractivity contribution < 1.29 is 14.5 Å². The van der Waals surface area contributed by atoms with Crippen molar-refractivity contribution in [3.63, 3.8) is 0 Å². The molecule has 1 aromatic carbocycles. The van der Waals surface area contributed by atoms with E-state index in [9.17, 15) is 14.9 Å². The van der Waals surface area contributed by atoms with Crippen molar-refractivity contribution in [3.05, 3.63) is 28.3 Å². The van der Waals surface area contributed by atoms with Gasteiger partial charge in [0.15, 0.2) is 0 Å². The highest BCUT2D eigenvalue weighted by molar-refractivity contribution is 5.91. The van der Waals surface area contributed by atoms with Crippen molar-refractivity contribution in [2.75, 3.05) is 36.5 Å². The minimum Gasteiger partial charge on any atom is -0.378 e. The molecule has 0 saturated carbocycles. The standard InChI is InChI=1S/C14H19N3O4/c1-2-3-14(18)15-11-4-5-12(13(10-11)17(19)20)16-6-8-21-9-7-16/h4-5,10H,2-3,6-9H2,1H3,(H,15,18). The zero-order chi connectivity index (χ0) is 15.2. The average molecular weight is 293 g/mol.